The lowest BCUT2D eigenvalue weighted by atomic mass is 9.88. The van der Waals surface area contributed by atoms with Crippen molar-refractivity contribution in [1.29, 1.82) is 0 Å². The fourth-order valence-corrected chi connectivity index (χ4v) is 3.76. The Morgan fingerprint density at radius 3 is 2.17 bits per heavy atom. The summed E-state index contributed by atoms with van der Waals surface area (Å²) in [5.41, 5.74) is 0.557. The lowest BCUT2D eigenvalue weighted by Crippen LogP contribution is -2.42. The maximum absolute atomic E-state index is 3.77. The maximum atomic E-state index is 3.77. The number of alkyl halides is 1. The van der Waals surface area contributed by atoms with Gasteiger partial charge in [0.2, 0.25) is 0 Å². The van der Waals surface area contributed by atoms with Crippen molar-refractivity contribution < 1.29 is 0 Å². The summed E-state index contributed by atoms with van der Waals surface area (Å²) in [4.78, 5) is 4.99. The lowest BCUT2D eigenvalue weighted by molar-refractivity contribution is 0.146. The van der Waals surface area contributed by atoms with E-state index in [2.05, 4.69) is 53.7 Å². The second kappa shape index (κ2) is 7.86. The summed E-state index contributed by atoms with van der Waals surface area (Å²) in [5.74, 6) is 0.765. The molecule has 0 spiro atoms. The summed E-state index contributed by atoms with van der Waals surface area (Å²) < 4.78 is 0. The van der Waals surface area contributed by atoms with E-state index in [0.717, 1.165) is 5.92 Å². The van der Waals surface area contributed by atoms with E-state index in [1.807, 2.05) is 0 Å². The molecule has 18 heavy (non-hydrogen) atoms. The van der Waals surface area contributed by atoms with Crippen LogP contribution in [-0.4, -0.2) is 55.4 Å². The molecule has 0 radical (unpaired) electrons. The van der Waals surface area contributed by atoms with E-state index in [0.29, 0.717) is 5.41 Å². The molecule has 3 heteroatoms. The molecule has 0 aromatic heterocycles. The highest BCUT2D eigenvalue weighted by molar-refractivity contribution is 9.09. The minimum Gasteiger partial charge on any atom is -0.308 e. The van der Waals surface area contributed by atoms with Gasteiger partial charge in [-0.25, -0.2) is 0 Å². The average molecular weight is 319 g/mol. The molecule has 0 unspecified atom stereocenters. The molecule has 1 fully saturated rings. The fraction of sp³-hybridized carbons (Fsp3) is 1.00. The van der Waals surface area contributed by atoms with Crippen LogP contribution in [-0.2, 0) is 0 Å². The van der Waals surface area contributed by atoms with Gasteiger partial charge in [-0.2, -0.15) is 0 Å². The van der Waals surface area contributed by atoms with Crippen LogP contribution in [0, 0.1) is 11.3 Å². The van der Waals surface area contributed by atoms with E-state index in [1.54, 1.807) is 0 Å². The van der Waals surface area contributed by atoms with E-state index >= 15 is 0 Å². The Balaban J connectivity index is 2.52. The molecule has 0 aromatic rings. The van der Waals surface area contributed by atoms with Gasteiger partial charge in [0.15, 0.2) is 0 Å². The van der Waals surface area contributed by atoms with Crippen LogP contribution in [0.4, 0.5) is 0 Å². The molecule has 0 atom stereocenters. The highest BCUT2D eigenvalue weighted by atomic mass is 79.9. The Hall–Kier alpha value is 0.400. The molecule has 2 nitrogen and oxygen atoms in total. The fourth-order valence-electron chi connectivity index (χ4n) is 3.03. The van der Waals surface area contributed by atoms with Gasteiger partial charge >= 0.3 is 0 Å². The van der Waals surface area contributed by atoms with E-state index in [1.165, 1.54) is 57.2 Å². The number of hydrogen-bond donors (Lipinski definition) is 0. The van der Waals surface area contributed by atoms with Crippen LogP contribution < -0.4 is 0 Å². The summed E-state index contributed by atoms with van der Waals surface area (Å²) in [6, 6.07) is 0. The monoisotopic (exact) mass is 318 g/mol. The number of nitrogens with zero attached hydrogens (tertiary/aromatic N) is 2. The summed E-state index contributed by atoms with van der Waals surface area (Å²) in [6.45, 7) is 9.56. The highest BCUT2D eigenvalue weighted by Gasteiger charge is 2.34. The van der Waals surface area contributed by atoms with Crippen LogP contribution in [0.1, 0.15) is 39.5 Å². The molecule has 1 aliphatic carbocycles. The van der Waals surface area contributed by atoms with Gasteiger partial charge in [-0.1, -0.05) is 42.6 Å². The molecular formula is C15H31BrN2. The van der Waals surface area contributed by atoms with E-state index in [4.69, 9.17) is 0 Å². The first kappa shape index (κ1) is 16.5. The van der Waals surface area contributed by atoms with E-state index in [9.17, 15) is 0 Å². The first-order chi connectivity index (χ1) is 8.47. The van der Waals surface area contributed by atoms with Gasteiger partial charge in [-0.05, 0) is 38.3 Å². The van der Waals surface area contributed by atoms with Crippen molar-refractivity contribution in [3.8, 4) is 0 Å². The van der Waals surface area contributed by atoms with Gasteiger partial charge in [0.1, 0.15) is 0 Å². The second-order valence-electron chi connectivity index (χ2n) is 6.77. The molecule has 0 saturated heterocycles. The third kappa shape index (κ3) is 5.58. The molecular weight excluding hydrogens is 288 g/mol. The summed E-state index contributed by atoms with van der Waals surface area (Å²) in [7, 11) is 4.34. The van der Waals surface area contributed by atoms with E-state index in [-0.39, 0.29) is 0 Å². The third-order valence-electron chi connectivity index (χ3n) is 3.99. The molecule has 108 valence electrons. The van der Waals surface area contributed by atoms with Crippen LogP contribution in [0.3, 0.4) is 0 Å². The van der Waals surface area contributed by atoms with Crippen molar-refractivity contribution >= 4 is 15.9 Å². The molecule has 1 saturated carbocycles. The van der Waals surface area contributed by atoms with Gasteiger partial charge in [-0.15, -0.1) is 0 Å². The predicted octanol–water partition coefficient (Wildman–Crippen LogP) is 3.46. The van der Waals surface area contributed by atoms with Crippen LogP contribution in [0.5, 0.6) is 0 Å². The standard InChI is InChI=1S/C15H31BrN2/c1-14(2)11-18(10-9-17(3)4)13-15(12-16)7-5-6-8-15/h14H,5-13H2,1-4H3. The summed E-state index contributed by atoms with van der Waals surface area (Å²) >= 11 is 3.77. The SMILES string of the molecule is CC(C)CN(CCN(C)C)CC1(CBr)CCCC1. The van der Waals surface area contributed by atoms with Crippen molar-refractivity contribution in [2.45, 2.75) is 39.5 Å². The minimum absolute atomic E-state index is 0.557. The predicted molar refractivity (Wildman–Crippen MR) is 84.5 cm³/mol. The number of likely N-dealkylation sites (N-methyl/N-ethyl adjacent to an activating group) is 1. The second-order valence-corrected chi connectivity index (χ2v) is 7.33. The highest BCUT2D eigenvalue weighted by Crippen LogP contribution is 2.40. The molecule has 1 aliphatic rings. The van der Waals surface area contributed by atoms with Gasteiger partial charge in [0.05, 0.1) is 0 Å². The van der Waals surface area contributed by atoms with Crippen molar-refractivity contribution in [2.24, 2.45) is 11.3 Å². The first-order valence-corrected chi connectivity index (χ1v) is 8.53. The summed E-state index contributed by atoms with van der Waals surface area (Å²) in [6.07, 6.45) is 5.67. The molecule has 0 heterocycles. The Bertz CT molecular complexity index is 223. The van der Waals surface area contributed by atoms with E-state index < -0.39 is 0 Å². The lowest BCUT2D eigenvalue weighted by Gasteiger charge is -2.35. The molecule has 0 bridgehead atoms. The Morgan fingerprint density at radius 2 is 1.72 bits per heavy atom. The van der Waals surface area contributed by atoms with Gasteiger partial charge in [-0.3, -0.25) is 0 Å². The Kier molecular flexibility index (Phi) is 7.19. The number of hydrogen-bond acceptors (Lipinski definition) is 2. The smallest absolute Gasteiger partial charge is 0.0109 e. The van der Waals surface area contributed by atoms with Crippen LogP contribution in [0.2, 0.25) is 0 Å². The summed E-state index contributed by atoms with van der Waals surface area (Å²) in [5, 5.41) is 1.18. The number of halogens is 1. The van der Waals surface area contributed by atoms with Crippen molar-refractivity contribution in [3.05, 3.63) is 0 Å². The average Bonchev–Trinajstić information content (AvgIpc) is 2.74. The quantitative estimate of drug-likeness (QED) is 0.632. The molecule has 1 rings (SSSR count). The molecule has 0 amide bonds. The van der Waals surface area contributed by atoms with Crippen LogP contribution in [0.15, 0.2) is 0 Å². The van der Waals surface area contributed by atoms with Crippen molar-refractivity contribution in [2.75, 3.05) is 45.6 Å². The number of rotatable bonds is 8. The van der Waals surface area contributed by atoms with Crippen molar-refractivity contribution in [1.82, 2.24) is 9.80 Å². The Labute approximate surface area is 122 Å². The molecule has 0 N–H and O–H groups in total. The first-order valence-electron chi connectivity index (χ1n) is 7.40. The van der Waals surface area contributed by atoms with Gasteiger partial charge in [0.25, 0.3) is 0 Å². The minimum atomic E-state index is 0.557. The zero-order valence-corrected chi connectivity index (χ0v) is 14.3. The Morgan fingerprint density at radius 1 is 1.11 bits per heavy atom. The zero-order chi connectivity index (χ0) is 13.6. The van der Waals surface area contributed by atoms with Crippen LogP contribution >= 0.6 is 15.9 Å². The normalized spacial score (nSPS) is 19.3. The topological polar surface area (TPSA) is 6.48 Å². The molecule has 0 aliphatic heterocycles. The maximum Gasteiger partial charge on any atom is 0.0109 e. The van der Waals surface area contributed by atoms with Gasteiger partial charge < -0.3 is 9.80 Å². The molecule has 0 aromatic carbocycles. The van der Waals surface area contributed by atoms with Crippen LogP contribution in [0.25, 0.3) is 0 Å². The largest absolute Gasteiger partial charge is 0.308 e. The van der Waals surface area contributed by atoms with Crippen molar-refractivity contribution in [3.63, 3.8) is 0 Å². The third-order valence-corrected chi connectivity index (χ3v) is 5.18. The van der Waals surface area contributed by atoms with Gasteiger partial charge in [0, 0.05) is 31.5 Å². The zero-order valence-electron chi connectivity index (χ0n) is 12.7.